The lowest BCUT2D eigenvalue weighted by Crippen LogP contribution is -2.48. The summed E-state index contributed by atoms with van der Waals surface area (Å²) in [4.78, 5) is 24.7. The van der Waals surface area contributed by atoms with Crippen LogP contribution in [0.5, 0.6) is 0 Å². The van der Waals surface area contributed by atoms with Gasteiger partial charge in [0.15, 0.2) is 0 Å². The summed E-state index contributed by atoms with van der Waals surface area (Å²) in [7, 11) is 1.52. The Bertz CT molecular complexity index is 680. The summed E-state index contributed by atoms with van der Waals surface area (Å²) < 4.78 is 0. The van der Waals surface area contributed by atoms with Crippen LogP contribution >= 0.6 is 0 Å². The van der Waals surface area contributed by atoms with Gasteiger partial charge in [-0.05, 0) is 12.5 Å². The normalized spacial score (nSPS) is 19.4. The predicted molar refractivity (Wildman–Crippen MR) is 74.0 cm³/mol. The summed E-state index contributed by atoms with van der Waals surface area (Å²) in [6, 6.07) is 7.19. The second-order valence-electron chi connectivity index (χ2n) is 4.80. The SMILES string of the molecule is CN1C(=O)CCC(Nc2cnnc3ccccc23)C1=O. The zero-order chi connectivity index (χ0) is 14.1. The molecule has 1 atom stereocenters. The first-order valence-corrected chi connectivity index (χ1v) is 6.44. The Hall–Kier alpha value is -2.50. The van der Waals surface area contributed by atoms with Crippen LogP contribution < -0.4 is 5.32 Å². The van der Waals surface area contributed by atoms with Crippen molar-refractivity contribution in [3.05, 3.63) is 30.5 Å². The van der Waals surface area contributed by atoms with Gasteiger partial charge in [-0.3, -0.25) is 14.5 Å². The molecule has 1 aromatic heterocycles. The number of likely N-dealkylation sites (N-methyl/N-ethyl adjacent to an activating group) is 1. The van der Waals surface area contributed by atoms with Crippen molar-refractivity contribution in [2.75, 3.05) is 12.4 Å². The largest absolute Gasteiger partial charge is 0.372 e. The van der Waals surface area contributed by atoms with E-state index >= 15 is 0 Å². The van der Waals surface area contributed by atoms with Crippen LogP contribution in [0.1, 0.15) is 12.8 Å². The van der Waals surface area contributed by atoms with Crippen LogP contribution in [-0.2, 0) is 9.59 Å². The first-order valence-electron chi connectivity index (χ1n) is 6.44. The standard InChI is InChI=1S/C14H14N4O2/c1-18-13(19)7-6-11(14(18)20)16-12-8-15-17-10-5-3-2-4-9(10)12/h2-5,8,11H,6-7H2,1H3,(H,16,17). The van der Waals surface area contributed by atoms with Crippen molar-refractivity contribution in [3.63, 3.8) is 0 Å². The number of carbonyl (C=O) groups excluding carboxylic acids is 2. The fraction of sp³-hybridized carbons (Fsp3) is 0.286. The number of piperidine rings is 1. The molecule has 2 amide bonds. The summed E-state index contributed by atoms with van der Waals surface area (Å²) in [5.74, 6) is -0.340. The first-order chi connectivity index (χ1) is 9.66. The third-order valence-corrected chi connectivity index (χ3v) is 3.53. The summed E-state index contributed by atoms with van der Waals surface area (Å²) in [5, 5.41) is 12.1. The Morgan fingerprint density at radius 1 is 1.30 bits per heavy atom. The minimum atomic E-state index is -0.398. The molecule has 2 heterocycles. The highest BCUT2D eigenvalue weighted by Gasteiger charge is 2.31. The van der Waals surface area contributed by atoms with E-state index in [9.17, 15) is 9.59 Å². The predicted octanol–water partition coefficient (Wildman–Crippen LogP) is 1.19. The highest BCUT2D eigenvalue weighted by Crippen LogP contribution is 2.23. The smallest absolute Gasteiger partial charge is 0.251 e. The number of nitrogens with one attached hydrogen (secondary N) is 1. The van der Waals surface area contributed by atoms with Gasteiger partial charge in [0.2, 0.25) is 5.91 Å². The number of hydrogen-bond donors (Lipinski definition) is 1. The number of imide groups is 1. The van der Waals surface area contributed by atoms with Crippen molar-refractivity contribution >= 4 is 28.4 Å². The average Bonchev–Trinajstić information content (AvgIpc) is 2.48. The van der Waals surface area contributed by atoms with Gasteiger partial charge in [0.25, 0.3) is 5.91 Å². The van der Waals surface area contributed by atoms with E-state index in [0.29, 0.717) is 12.8 Å². The van der Waals surface area contributed by atoms with E-state index < -0.39 is 6.04 Å². The molecule has 1 unspecified atom stereocenters. The van der Waals surface area contributed by atoms with E-state index in [-0.39, 0.29) is 11.8 Å². The van der Waals surface area contributed by atoms with Crippen LogP contribution in [0.4, 0.5) is 5.69 Å². The molecule has 1 aliphatic rings. The van der Waals surface area contributed by atoms with Crippen molar-refractivity contribution in [2.24, 2.45) is 0 Å². The molecule has 1 aromatic carbocycles. The zero-order valence-corrected chi connectivity index (χ0v) is 11.0. The van der Waals surface area contributed by atoms with E-state index in [1.807, 2.05) is 24.3 Å². The van der Waals surface area contributed by atoms with Crippen LogP contribution in [0, 0.1) is 0 Å². The Morgan fingerprint density at radius 3 is 2.95 bits per heavy atom. The second-order valence-corrected chi connectivity index (χ2v) is 4.80. The minimum Gasteiger partial charge on any atom is -0.372 e. The highest BCUT2D eigenvalue weighted by molar-refractivity contribution is 6.02. The van der Waals surface area contributed by atoms with Gasteiger partial charge in [0, 0.05) is 18.9 Å². The van der Waals surface area contributed by atoms with Crippen LogP contribution in [0.15, 0.2) is 30.5 Å². The summed E-state index contributed by atoms with van der Waals surface area (Å²) in [5.41, 5.74) is 1.53. The number of rotatable bonds is 2. The number of nitrogens with zero attached hydrogens (tertiary/aromatic N) is 3. The second kappa shape index (κ2) is 4.88. The lowest BCUT2D eigenvalue weighted by molar-refractivity contribution is -0.146. The molecular formula is C14H14N4O2. The molecule has 0 aliphatic carbocycles. The Kier molecular flexibility index (Phi) is 3.06. The topological polar surface area (TPSA) is 75.2 Å². The van der Waals surface area contributed by atoms with Crippen molar-refractivity contribution in [1.29, 1.82) is 0 Å². The van der Waals surface area contributed by atoms with Crippen molar-refractivity contribution in [3.8, 4) is 0 Å². The number of likely N-dealkylation sites (tertiary alicyclic amines) is 1. The molecule has 1 saturated heterocycles. The molecule has 1 aliphatic heterocycles. The van der Waals surface area contributed by atoms with E-state index in [4.69, 9.17) is 0 Å². The average molecular weight is 270 g/mol. The maximum Gasteiger partial charge on any atom is 0.251 e. The molecule has 0 saturated carbocycles. The third kappa shape index (κ3) is 2.09. The number of aromatic nitrogens is 2. The molecule has 6 heteroatoms. The van der Waals surface area contributed by atoms with E-state index in [1.54, 1.807) is 6.20 Å². The fourth-order valence-corrected chi connectivity index (χ4v) is 2.36. The van der Waals surface area contributed by atoms with Crippen molar-refractivity contribution in [1.82, 2.24) is 15.1 Å². The van der Waals surface area contributed by atoms with E-state index in [2.05, 4.69) is 15.5 Å². The van der Waals surface area contributed by atoms with Gasteiger partial charge >= 0.3 is 0 Å². The van der Waals surface area contributed by atoms with Crippen LogP contribution in [0.2, 0.25) is 0 Å². The van der Waals surface area contributed by atoms with Crippen LogP contribution in [0.3, 0.4) is 0 Å². The summed E-state index contributed by atoms with van der Waals surface area (Å²) >= 11 is 0. The highest BCUT2D eigenvalue weighted by atomic mass is 16.2. The summed E-state index contributed by atoms with van der Waals surface area (Å²) in [6.07, 6.45) is 2.47. The van der Waals surface area contributed by atoms with Crippen LogP contribution in [-0.4, -0.2) is 40.0 Å². The molecule has 0 radical (unpaired) electrons. The first kappa shape index (κ1) is 12.5. The number of carbonyl (C=O) groups is 2. The lowest BCUT2D eigenvalue weighted by Gasteiger charge is -2.28. The van der Waals surface area contributed by atoms with E-state index in [1.165, 1.54) is 11.9 Å². The summed E-state index contributed by atoms with van der Waals surface area (Å²) in [6.45, 7) is 0. The van der Waals surface area contributed by atoms with Crippen molar-refractivity contribution in [2.45, 2.75) is 18.9 Å². The van der Waals surface area contributed by atoms with Gasteiger partial charge in [-0.15, -0.1) is 0 Å². The molecule has 0 bridgehead atoms. The van der Waals surface area contributed by atoms with Gasteiger partial charge in [-0.2, -0.15) is 10.2 Å². The number of anilines is 1. The number of hydrogen-bond acceptors (Lipinski definition) is 5. The van der Waals surface area contributed by atoms with Gasteiger partial charge < -0.3 is 5.32 Å². The molecule has 1 N–H and O–H groups in total. The third-order valence-electron chi connectivity index (χ3n) is 3.53. The molecule has 6 nitrogen and oxygen atoms in total. The Balaban J connectivity index is 1.90. The van der Waals surface area contributed by atoms with Crippen molar-refractivity contribution < 1.29 is 9.59 Å². The lowest BCUT2D eigenvalue weighted by atomic mass is 10.0. The molecule has 2 aromatic rings. The zero-order valence-electron chi connectivity index (χ0n) is 11.0. The van der Waals surface area contributed by atoms with Crippen LogP contribution in [0.25, 0.3) is 10.9 Å². The molecular weight excluding hydrogens is 256 g/mol. The number of fused-ring (bicyclic) bond motifs is 1. The molecule has 102 valence electrons. The number of amides is 2. The molecule has 3 rings (SSSR count). The van der Waals surface area contributed by atoms with Gasteiger partial charge in [-0.1, -0.05) is 18.2 Å². The Morgan fingerprint density at radius 2 is 2.10 bits per heavy atom. The van der Waals surface area contributed by atoms with Gasteiger partial charge in [0.1, 0.15) is 6.04 Å². The number of benzene rings is 1. The molecule has 0 spiro atoms. The molecule has 1 fully saturated rings. The van der Waals surface area contributed by atoms with E-state index in [0.717, 1.165) is 16.6 Å². The maximum atomic E-state index is 12.1. The van der Waals surface area contributed by atoms with Gasteiger partial charge in [0.05, 0.1) is 17.4 Å². The molecule has 20 heavy (non-hydrogen) atoms. The Labute approximate surface area is 115 Å². The monoisotopic (exact) mass is 270 g/mol. The fourth-order valence-electron chi connectivity index (χ4n) is 2.36. The minimum absolute atomic E-state index is 0.134. The van der Waals surface area contributed by atoms with Gasteiger partial charge in [-0.25, -0.2) is 0 Å². The maximum absolute atomic E-state index is 12.1. The quantitative estimate of drug-likeness (QED) is 0.830.